The maximum atomic E-state index is 2.79. The van der Waals surface area contributed by atoms with Gasteiger partial charge < -0.3 is 4.90 Å². The Bertz CT molecular complexity index is 446. The molecule has 2 heteroatoms. The lowest BCUT2D eigenvalue weighted by molar-refractivity contribution is 0.0470. The first kappa shape index (κ1) is 20.9. The Morgan fingerprint density at radius 1 is 0.783 bits per heavy atom. The highest BCUT2D eigenvalue weighted by Gasteiger charge is 2.44. The van der Waals surface area contributed by atoms with Crippen molar-refractivity contribution < 1.29 is 0 Å². The van der Waals surface area contributed by atoms with Gasteiger partial charge in [-0.2, -0.15) is 11.8 Å². The predicted octanol–water partition coefficient (Wildman–Crippen LogP) is 6.59. The fourth-order valence-electron chi connectivity index (χ4n) is 3.54. The van der Waals surface area contributed by atoms with E-state index in [9.17, 15) is 0 Å². The molecule has 1 rings (SSSR count). The van der Waals surface area contributed by atoms with Crippen LogP contribution >= 0.6 is 11.8 Å². The summed E-state index contributed by atoms with van der Waals surface area (Å²) < 4.78 is 0. The Hall–Kier alpha value is -0.110. The van der Waals surface area contributed by atoms with E-state index in [1.807, 2.05) is 0 Å². The van der Waals surface area contributed by atoms with Crippen molar-refractivity contribution in [3.05, 3.63) is 11.3 Å². The highest BCUT2D eigenvalue weighted by Crippen LogP contribution is 2.48. The van der Waals surface area contributed by atoms with E-state index in [4.69, 9.17) is 0 Å². The first-order chi connectivity index (χ1) is 9.97. The fourth-order valence-corrected chi connectivity index (χ4v) is 5.31. The highest BCUT2D eigenvalue weighted by atomic mass is 32.2. The van der Waals surface area contributed by atoms with E-state index in [-0.39, 0.29) is 21.8 Å². The van der Waals surface area contributed by atoms with E-state index in [0.717, 1.165) is 5.75 Å². The Morgan fingerprint density at radius 3 is 1.57 bits per heavy atom. The van der Waals surface area contributed by atoms with Gasteiger partial charge >= 0.3 is 0 Å². The van der Waals surface area contributed by atoms with Crippen molar-refractivity contribution in [2.45, 2.75) is 94.7 Å². The van der Waals surface area contributed by atoms with Crippen molar-refractivity contribution in [3.8, 4) is 0 Å². The van der Waals surface area contributed by atoms with Gasteiger partial charge in [0.1, 0.15) is 0 Å². The average molecular weight is 340 g/mol. The zero-order valence-electron chi connectivity index (χ0n) is 17.8. The molecule has 1 heterocycles. The first-order valence-corrected chi connectivity index (χ1v) is 10.2. The van der Waals surface area contributed by atoms with E-state index in [1.54, 1.807) is 11.3 Å². The second kappa shape index (κ2) is 6.32. The molecule has 1 atom stereocenters. The molecule has 0 aromatic rings. The normalized spacial score (nSPS) is 22.4. The standard InChI is InChI=1S/C21H41NS/c1-18(2,3)15-13-23-14-16(19(4,5)6)22(21(10,11)12)17(15)20(7,8)9/h16H,13-14H2,1-12H3. The molecule has 0 aromatic carbocycles. The van der Waals surface area contributed by atoms with E-state index in [0.29, 0.717) is 6.04 Å². The van der Waals surface area contributed by atoms with E-state index in [2.05, 4.69) is 99.7 Å². The molecule has 0 N–H and O–H groups in total. The predicted molar refractivity (Wildman–Crippen MR) is 108 cm³/mol. The summed E-state index contributed by atoms with van der Waals surface area (Å²) in [6.45, 7) is 28.7. The van der Waals surface area contributed by atoms with Gasteiger partial charge in [0.15, 0.2) is 0 Å². The summed E-state index contributed by atoms with van der Waals surface area (Å²) in [7, 11) is 0. The number of rotatable bonds is 0. The number of thioether (sulfide) groups is 1. The van der Waals surface area contributed by atoms with Gasteiger partial charge in [0.25, 0.3) is 0 Å². The smallest absolute Gasteiger partial charge is 0.0431 e. The van der Waals surface area contributed by atoms with Crippen molar-refractivity contribution >= 4 is 11.8 Å². The summed E-state index contributed by atoms with van der Waals surface area (Å²) in [4.78, 5) is 2.79. The molecule has 0 saturated carbocycles. The van der Waals surface area contributed by atoms with Crippen LogP contribution in [0.3, 0.4) is 0 Å². The van der Waals surface area contributed by atoms with Crippen molar-refractivity contribution in [2.24, 2.45) is 16.2 Å². The lowest BCUT2D eigenvalue weighted by Crippen LogP contribution is -2.55. The van der Waals surface area contributed by atoms with Crippen LogP contribution < -0.4 is 0 Å². The van der Waals surface area contributed by atoms with E-state index < -0.39 is 0 Å². The summed E-state index contributed by atoms with van der Waals surface area (Å²) in [5.41, 5.74) is 3.99. The summed E-state index contributed by atoms with van der Waals surface area (Å²) in [5.74, 6) is 2.37. The topological polar surface area (TPSA) is 3.24 Å². The van der Waals surface area contributed by atoms with Crippen molar-refractivity contribution in [3.63, 3.8) is 0 Å². The Morgan fingerprint density at radius 2 is 1.26 bits per heavy atom. The average Bonchev–Trinajstić information content (AvgIpc) is 2.44. The van der Waals surface area contributed by atoms with Crippen LogP contribution in [0.5, 0.6) is 0 Å². The zero-order valence-corrected chi connectivity index (χ0v) is 18.7. The van der Waals surface area contributed by atoms with Crippen LogP contribution in [0.1, 0.15) is 83.1 Å². The Kier molecular flexibility index (Phi) is 5.75. The zero-order chi connectivity index (χ0) is 18.4. The van der Waals surface area contributed by atoms with Crippen molar-refractivity contribution in [2.75, 3.05) is 11.5 Å². The van der Waals surface area contributed by atoms with E-state index in [1.165, 1.54) is 5.75 Å². The second-order valence-corrected chi connectivity index (χ2v) is 12.3. The molecule has 0 spiro atoms. The van der Waals surface area contributed by atoms with Crippen LogP contribution in [0.15, 0.2) is 11.3 Å². The summed E-state index contributed by atoms with van der Waals surface area (Å²) >= 11 is 2.13. The maximum absolute atomic E-state index is 2.79. The van der Waals surface area contributed by atoms with Gasteiger partial charge in [-0.25, -0.2) is 0 Å². The highest BCUT2D eigenvalue weighted by molar-refractivity contribution is 7.99. The minimum absolute atomic E-state index is 0.127. The molecule has 1 aliphatic heterocycles. The largest absolute Gasteiger partial charge is 0.365 e. The molecular formula is C21H41NS. The minimum Gasteiger partial charge on any atom is -0.365 e. The molecule has 0 bridgehead atoms. The van der Waals surface area contributed by atoms with Crippen LogP contribution in [-0.2, 0) is 0 Å². The number of allylic oxidation sites excluding steroid dienone is 1. The Labute approximate surface area is 150 Å². The number of hydrogen-bond acceptors (Lipinski definition) is 2. The number of hydrogen-bond donors (Lipinski definition) is 0. The van der Waals surface area contributed by atoms with Crippen molar-refractivity contribution in [1.29, 1.82) is 0 Å². The third-order valence-electron chi connectivity index (χ3n) is 4.70. The molecule has 0 aromatic heterocycles. The van der Waals surface area contributed by atoms with Crippen LogP contribution in [0.4, 0.5) is 0 Å². The lowest BCUT2D eigenvalue weighted by atomic mass is 9.75. The molecule has 0 radical (unpaired) electrons. The quantitative estimate of drug-likeness (QED) is 0.489. The van der Waals surface area contributed by atoms with Gasteiger partial charge in [0.2, 0.25) is 0 Å². The summed E-state index contributed by atoms with van der Waals surface area (Å²) in [5, 5.41) is 0. The van der Waals surface area contributed by atoms with Crippen LogP contribution in [0.2, 0.25) is 0 Å². The van der Waals surface area contributed by atoms with E-state index >= 15 is 0 Å². The number of nitrogens with zero attached hydrogens (tertiary/aromatic N) is 1. The molecular weight excluding hydrogens is 298 g/mol. The van der Waals surface area contributed by atoms with Gasteiger partial charge in [-0.15, -0.1) is 0 Å². The SMILES string of the molecule is CC(C)(C)C1=C(C(C)(C)C)N(C(C)(C)C)C(C(C)(C)C)CSC1. The van der Waals surface area contributed by atoms with Gasteiger partial charge in [-0.1, -0.05) is 62.3 Å². The molecule has 0 amide bonds. The molecule has 0 saturated heterocycles. The van der Waals surface area contributed by atoms with Gasteiger partial charge in [-0.05, 0) is 37.2 Å². The fraction of sp³-hybridized carbons (Fsp3) is 0.905. The Balaban J connectivity index is 3.73. The lowest BCUT2D eigenvalue weighted by Gasteiger charge is -2.53. The molecule has 136 valence electrons. The summed E-state index contributed by atoms with van der Waals surface area (Å²) in [6.07, 6.45) is 0. The molecule has 1 nitrogen and oxygen atoms in total. The van der Waals surface area contributed by atoms with Crippen molar-refractivity contribution in [1.82, 2.24) is 4.90 Å². The monoisotopic (exact) mass is 339 g/mol. The van der Waals surface area contributed by atoms with Gasteiger partial charge in [0.05, 0.1) is 0 Å². The van der Waals surface area contributed by atoms with Crippen LogP contribution in [0, 0.1) is 16.2 Å². The summed E-state index contributed by atoms with van der Waals surface area (Å²) in [6, 6.07) is 0.557. The molecule has 0 fully saturated rings. The minimum atomic E-state index is 0.127. The third kappa shape index (κ3) is 4.94. The molecule has 1 aliphatic rings. The first-order valence-electron chi connectivity index (χ1n) is 9.08. The molecule has 1 unspecified atom stereocenters. The van der Waals surface area contributed by atoms with Gasteiger partial charge in [0, 0.05) is 34.2 Å². The second-order valence-electron chi connectivity index (χ2n) is 11.3. The third-order valence-corrected chi connectivity index (χ3v) is 5.74. The van der Waals surface area contributed by atoms with Gasteiger partial charge in [-0.3, -0.25) is 0 Å². The molecule has 0 aliphatic carbocycles. The molecule has 23 heavy (non-hydrogen) atoms. The maximum Gasteiger partial charge on any atom is 0.0431 e. The van der Waals surface area contributed by atoms with Crippen LogP contribution in [-0.4, -0.2) is 28.0 Å². The van der Waals surface area contributed by atoms with Crippen LogP contribution in [0.25, 0.3) is 0 Å².